The third-order valence-electron chi connectivity index (χ3n) is 4.62. The van der Waals surface area contributed by atoms with Gasteiger partial charge in [0.25, 0.3) is 5.91 Å². The quantitative estimate of drug-likeness (QED) is 0.448. The predicted octanol–water partition coefficient (Wildman–Crippen LogP) is -1.76. The second kappa shape index (κ2) is 5.65. The first kappa shape index (κ1) is 16.5. The number of hydroxylamine groups is 2. The highest BCUT2D eigenvalue weighted by Crippen LogP contribution is 2.39. The number of primary amides is 1. The smallest absolute Gasteiger partial charge is 0.378 e. The van der Waals surface area contributed by atoms with E-state index in [1.807, 2.05) is 0 Å². The molecule has 3 N–H and O–H groups in total. The van der Waals surface area contributed by atoms with Gasteiger partial charge in [-0.15, -0.1) is 18.9 Å². The van der Waals surface area contributed by atoms with E-state index >= 15 is 0 Å². The fraction of sp³-hybridized carbons (Fsp3) is 0.818. The number of carbonyl (C=O) groups excluding carboxylic acids is 2. The van der Waals surface area contributed by atoms with Crippen molar-refractivity contribution in [2.75, 3.05) is 32.8 Å². The first-order valence-electron chi connectivity index (χ1n) is 7.27. The van der Waals surface area contributed by atoms with Crippen LogP contribution in [-0.2, 0) is 24.2 Å². The summed E-state index contributed by atoms with van der Waals surface area (Å²) in [6.45, 7) is 1.76. The van der Waals surface area contributed by atoms with Gasteiger partial charge in [-0.05, 0) is 6.42 Å². The number of piperidine rings is 1. The van der Waals surface area contributed by atoms with Gasteiger partial charge in [0.2, 0.25) is 0 Å². The summed E-state index contributed by atoms with van der Waals surface area (Å²) in [5.74, 6) is -0.628. The molecule has 130 valence electrons. The van der Waals surface area contributed by atoms with Gasteiger partial charge in [0.15, 0.2) is 6.04 Å². The van der Waals surface area contributed by atoms with E-state index in [-0.39, 0.29) is 6.54 Å². The van der Waals surface area contributed by atoms with Crippen molar-refractivity contribution in [1.29, 1.82) is 0 Å². The summed E-state index contributed by atoms with van der Waals surface area (Å²) in [6.07, 6.45) is 0.688. The zero-order valence-corrected chi connectivity index (χ0v) is 13.1. The maximum Gasteiger partial charge on any atom is 0.464 e. The number of carbonyl (C=O) groups is 2. The van der Waals surface area contributed by atoms with Gasteiger partial charge in [-0.25, -0.2) is 4.79 Å². The second-order valence-electron chi connectivity index (χ2n) is 5.84. The molecule has 0 aliphatic carbocycles. The number of nitrogens with two attached hydrogens (primary N) is 1. The summed E-state index contributed by atoms with van der Waals surface area (Å²) >= 11 is 0. The number of amides is 3. The zero-order chi connectivity index (χ0) is 16.8. The number of ether oxygens (including phenoxy) is 1. The molecule has 3 aliphatic rings. The molecule has 23 heavy (non-hydrogen) atoms. The minimum absolute atomic E-state index is 0.169. The van der Waals surface area contributed by atoms with Crippen LogP contribution in [0.3, 0.4) is 0 Å². The summed E-state index contributed by atoms with van der Waals surface area (Å²) in [4.78, 5) is 24.8. The number of urea groups is 1. The topological polar surface area (TPSA) is 139 Å². The molecule has 3 atom stereocenters. The van der Waals surface area contributed by atoms with Gasteiger partial charge in [-0.2, -0.15) is 8.42 Å². The van der Waals surface area contributed by atoms with Crippen LogP contribution in [0.4, 0.5) is 4.79 Å². The minimum atomic E-state index is -4.84. The molecule has 0 radical (unpaired) electrons. The maximum atomic E-state index is 12.9. The lowest BCUT2D eigenvalue weighted by Gasteiger charge is -2.46. The van der Waals surface area contributed by atoms with Crippen molar-refractivity contribution in [2.24, 2.45) is 5.73 Å². The first-order chi connectivity index (χ1) is 10.8. The molecule has 11 nitrogen and oxygen atoms in total. The van der Waals surface area contributed by atoms with E-state index in [1.54, 1.807) is 5.01 Å². The normalized spacial score (nSPS) is 35.5. The maximum absolute atomic E-state index is 12.9. The zero-order valence-electron chi connectivity index (χ0n) is 12.3. The summed E-state index contributed by atoms with van der Waals surface area (Å²) in [5.41, 5.74) is 5.49. The number of quaternary nitrogens is 1. The lowest BCUT2D eigenvalue weighted by molar-refractivity contribution is -0.978. The van der Waals surface area contributed by atoms with Gasteiger partial charge < -0.3 is 10.5 Å². The molecule has 3 fully saturated rings. The molecule has 0 saturated carbocycles. The molecule has 0 aromatic rings. The van der Waals surface area contributed by atoms with Gasteiger partial charge >= 0.3 is 16.4 Å². The number of fused-ring (bicyclic) bond motifs is 2. The standard InChI is InChI=1S/C11H18N4O7S/c12-10(16)9-2-1-8-7-15(9,13-3-5-21-6-4-13)11(17)14(8)22-23(18,19)20/h8-9H,1-7H2,(H2-,12,16,18,19,20)/p+1/t8-,9+,15?/m1/s1. The number of morpholine rings is 1. The Kier molecular flexibility index (Phi) is 4.06. The van der Waals surface area contributed by atoms with Crippen LogP contribution in [0.15, 0.2) is 0 Å². The van der Waals surface area contributed by atoms with Gasteiger partial charge in [-0.1, -0.05) is 0 Å². The van der Waals surface area contributed by atoms with Crippen LogP contribution in [-0.4, -0.2) is 84.5 Å². The Hall–Kier alpha value is -1.31. The Morgan fingerprint density at radius 3 is 2.57 bits per heavy atom. The Bertz CT molecular complexity index is 620. The summed E-state index contributed by atoms with van der Waals surface area (Å²) in [7, 11) is -4.84. The lowest BCUT2D eigenvalue weighted by atomic mass is 9.99. The number of hydrogen-bond acceptors (Lipinski definition) is 7. The second-order valence-corrected chi connectivity index (χ2v) is 6.84. The highest BCUT2D eigenvalue weighted by atomic mass is 32.3. The lowest BCUT2D eigenvalue weighted by Crippen LogP contribution is -2.72. The SMILES string of the molecule is NC(=O)[C@@H]1CC[C@@H]2C[N+]1(N1CCOCC1)C(=O)N2OS(=O)(=O)O. The molecular formula is C11H19N4O7S+. The molecule has 0 spiro atoms. The predicted molar refractivity (Wildman–Crippen MR) is 73.4 cm³/mol. The molecule has 3 saturated heterocycles. The van der Waals surface area contributed by atoms with Crippen molar-refractivity contribution in [3.63, 3.8) is 0 Å². The van der Waals surface area contributed by atoms with Crippen molar-refractivity contribution < 1.29 is 36.2 Å². The Morgan fingerprint density at radius 2 is 2.00 bits per heavy atom. The van der Waals surface area contributed by atoms with Crippen molar-refractivity contribution >= 4 is 22.3 Å². The first-order valence-corrected chi connectivity index (χ1v) is 8.63. The Balaban J connectivity index is 1.99. The van der Waals surface area contributed by atoms with Crippen LogP contribution >= 0.6 is 0 Å². The number of nitrogens with zero attached hydrogens (tertiary/aromatic N) is 3. The molecule has 3 amide bonds. The molecule has 0 aromatic heterocycles. The van der Waals surface area contributed by atoms with Gasteiger partial charge in [0.1, 0.15) is 12.6 Å². The molecule has 1 unspecified atom stereocenters. The molecular weight excluding hydrogens is 332 g/mol. The number of hydrogen-bond donors (Lipinski definition) is 2. The van der Waals surface area contributed by atoms with Crippen molar-refractivity contribution in [1.82, 2.24) is 10.1 Å². The van der Waals surface area contributed by atoms with Crippen LogP contribution < -0.4 is 5.73 Å². The molecule has 12 heteroatoms. The van der Waals surface area contributed by atoms with Gasteiger partial charge in [-0.3, -0.25) is 9.35 Å². The van der Waals surface area contributed by atoms with E-state index in [2.05, 4.69) is 4.28 Å². The molecule has 3 rings (SSSR count). The highest BCUT2D eigenvalue weighted by Gasteiger charge is 2.66. The van der Waals surface area contributed by atoms with Crippen LogP contribution in [0, 0.1) is 0 Å². The molecule has 2 bridgehead atoms. The molecule has 3 aliphatic heterocycles. The van der Waals surface area contributed by atoms with E-state index in [9.17, 15) is 18.0 Å². The van der Waals surface area contributed by atoms with Crippen LogP contribution in [0.1, 0.15) is 12.8 Å². The molecule has 0 aromatic carbocycles. The van der Waals surface area contributed by atoms with Crippen molar-refractivity contribution in [2.45, 2.75) is 24.9 Å². The average molecular weight is 351 g/mol. The Morgan fingerprint density at radius 1 is 1.35 bits per heavy atom. The van der Waals surface area contributed by atoms with E-state index in [4.69, 9.17) is 15.0 Å². The third kappa shape index (κ3) is 2.70. The number of rotatable bonds is 4. The summed E-state index contributed by atoms with van der Waals surface area (Å²) in [6, 6.07) is -2.06. The van der Waals surface area contributed by atoms with Crippen LogP contribution in [0.25, 0.3) is 0 Å². The fourth-order valence-corrected chi connectivity index (χ4v) is 4.11. The van der Waals surface area contributed by atoms with Crippen molar-refractivity contribution in [3.8, 4) is 0 Å². The van der Waals surface area contributed by atoms with E-state index in [0.29, 0.717) is 44.2 Å². The van der Waals surface area contributed by atoms with E-state index < -0.39 is 39.0 Å². The summed E-state index contributed by atoms with van der Waals surface area (Å²) < 4.78 is 40.3. The minimum Gasteiger partial charge on any atom is -0.378 e. The largest absolute Gasteiger partial charge is 0.464 e. The average Bonchev–Trinajstić information content (AvgIpc) is 2.69. The van der Waals surface area contributed by atoms with Crippen LogP contribution in [0.5, 0.6) is 0 Å². The van der Waals surface area contributed by atoms with Gasteiger partial charge in [0, 0.05) is 6.42 Å². The van der Waals surface area contributed by atoms with Crippen LogP contribution in [0.2, 0.25) is 0 Å². The van der Waals surface area contributed by atoms with E-state index in [0.717, 1.165) is 0 Å². The third-order valence-corrected chi connectivity index (χ3v) is 4.97. The summed E-state index contributed by atoms with van der Waals surface area (Å²) in [5, 5.41) is 2.43. The fourth-order valence-electron chi connectivity index (χ4n) is 3.72. The highest BCUT2D eigenvalue weighted by molar-refractivity contribution is 7.80. The van der Waals surface area contributed by atoms with Gasteiger partial charge in [0.05, 0.1) is 26.3 Å². The van der Waals surface area contributed by atoms with Crippen molar-refractivity contribution in [3.05, 3.63) is 0 Å². The monoisotopic (exact) mass is 351 g/mol. The Labute approximate surface area is 133 Å². The van der Waals surface area contributed by atoms with E-state index in [1.165, 1.54) is 0 Å². The molecule has 3 heterocycles.